The summed E-state index contributed by atoms with van der Waals surface area (Å²) in [5.74, 6) is 1.43. The van der Waals surface area contributed by atoms with E-state index in [1.807, 2.05) is 6.07 Å². The lowest BCUT2D eigenvalue weighted by molar-refractivity contribution is 0.0702. The van der Waals surface area contributed by atoms with Crippen LogP contribution < -0.4 is 23.7 Å². The van der Waals surface area contributed by atoms with Crippen LogP contribution in [0.3, 0.4) is 0 Å². The third-order valence-electron chi connectivity index (χ3n) is 5.89. The highest BCUT2D eigenvalue weighted by Gasteiger charge is 2.31. The van der Waals surface area contributed by atoms with Gasteiger partial charge in [-0.05, 0) is 55.5 Å². The molecule has 8 nitrogen and oxygen atoms in total. The van der Waals surface area contributed by atoms with Crippen LogP contribution in [0.2, 0.25) is 0 Å². The standard InChI is InChI=1S/C28H22O8/c1-15-20(36-28(30)24-13-16-6-5-7-22(33-4)27(16)35-24)11-9-19-25(29)23(34-26(15)19)14-17-12-18(31-2)8-10-21(17)32-3/h5-14H,1-4H3/b23-14-. The Morgan fingerprint density at radius 1 is 0.889 bits per heavy atom. The van der Waals surface area contributed by atoms with Gasteiger partial charge in [0.1, 0.15) is 23.0 Å². The lowest BCUT2D eigenvalue weighted by Gasteiger charge is -2.09. The Hall–Kier alpha value is -4.72. The number of para-hydroxylation sites is 1. The summed E-state index contributed by atoms with van der Waals surface area (Å²) in [6.45, 7) is 1.71. The molecular weight excluding hydrogens is 464 g/mol. The minimum atomic E-state index is -0.683. The van der Waals surface area contributed by atoms with Crippen LogP contribution >= 0.6 is 0 Å². The summed E-state index contributed by atoms with van der Waals surface area (Å²) < 4.78 is 33.1. The number of Topliss-reactive ketones (excluding diaryl/α,β-unsaturated/α-hetero) is 1. The van der Waals surface area contributed by atoms with Crippen LogP contribution in [-0.4, -0.2) is 33.1 Å². The van der Waals surface area contributed by atoms with Crippen LogP contribution in [0.25, 0.3) is 17.0 Å². The minimum Gasteiger partial charge on any atom is -0.497 e. The average molecular weight is 486 g/mol. The lowest BCUT2D eigenvalue weighted by atomic mass is 10.1. The third-order valence-corrected chi connectivity index (χ3v) is 5.89. The van der Waals surface area contributed by atoms with Crippen molar-refractivity contribution in [3.8, 4) is 28.7 Å². The first kappa shape index (κ1) is 23.0. The van der Waals surface area contributed by atoms with Gasteiger partial charge in [0, 0.05) is 16.5 Å². The molecule has 0 amide bonds. The van der Waals surface area contributed by atoms with Crippen molar-refractivity contribution in [1.29, 1.82) is 0 Å². The zero-order valence-electron chi connectivity index (χ0n) is 20.0. The zero-order chi connectivity index (χ0) is 25.4. The van der Waals surface area contributed by atoms with Crippen LogP contribution in [0.1, 0.15) is 32.0 Å². The second-order valence-corrected chi connectivity index (χ2v) is 7.99. The Morgan fingerprint density at radius 2 is 1.67 bits per heavy atom. The molecule has 0 unspecified atom stereocenters. The van der Waals surface area contributed by atoms with E-state index < -0.39 is 5.97 Å². The van der Waals surface area contributed by atoms with Crippen molar-refractivity contribution in [2.75, 3.05) is 21.3 Å². The number of ketones is 1. The van der Waals surface area contributed by atoms with Gasteiger partial charge in [0.05, 0.1) is 26.9 Å². The molecule has 1 aromatic heterocycles. The van der Waals surface area contributed by atoms with Gasteiger partial charge in [0.25, 0.3) is 0 Å². The Kier molecular flexibility index (Phi) is 5.85. The van der Waals surface area contributed by atoms with Crippen molar-refractivity contribution in [2.24, 2.45) is 0 Å². The van der Waals surface area contributed by atoms with E-state index in [4.69, 9.17) is 28.1 Å². The van der Waals surface area contributed by atoms with Gasteiger partial charge in [-0.1, -0.05) is 12.1 Å². The monoisotopic (exact) mass is 486 g/mol. The number of hydrogen-bond acceptors (Lipinski definition) is 8. The molecule has 8 heteroatoms. The van der Waals surface area contributed by atoms with E-state index in [2.05, 4.69) is 0 Å². The maximum atomic E-state index is 13.0. The van der Waals surface area contributed by atoms with Crippen LogP contribution in [0.5, 0.6) is 28.7 Å². The number of methoxy groups -OCH3 is 3. The van der Waals surface area contributed by atoms with Gasteiger partial charge >= 0.3 is 5.97 Å². The molecule has 0 aliphatic carbocycles. The Bertz CT molecular complexity index is 1540. The highest BCUT2D eigenvalue weighted by molar-refractivity contribution is 6.15. The Morgan fingerprint density at radius 3 is 2.42 bits per heavy atom. The van der Waals surface area contributed by atoms with E-state index >= 15 is 0 Å². The van der Waals surface area contributed by atoms with E-state index in [9.17, 15) is 9.59 Å². The molecule has 0 fully saturated rings. The molecule has 182 valence electrons. The van der Waals surface area contributed by atoms with Crippen molar-refractivity contribution in [3.63, 3.8) is 0 Å². The first-order valence-corrected chi connectivity index (χ1v) is 11.0. The molecular formula is C28H22O8. The van der Waals surface area contributed by atoms with Gasteiger partial charge in [-0.25, -0.2) is 4.79 Å². The first-order valence-electron chi connectivity index (χ1n) is 11.0. The van der Waals surface area contributed by atoms with Gasteiger partial charge in [-0.2, -0.15) is 0 Å². The number of hydrogen-bond donors (Lipinski definition) is 0. The van der Waals surface area contributed by atoms with Gasteiger partial charge < -0.3 is 28.1 Å². The second kappa shape index (κ2) is 9.14. The number of furan rings is 1. The lowest BCUT2D eigenvalue weighted by Crippen LogP contribution is -2.08. The van der Waals surface area contributed by atoms with Gasteiger partial charge in [-0.15, -0.1) is 0 Å². The Labute approximate surface area is 206 Å². The van der Waals surface area contributed by atoms with Gasteiger partial charge in [0.15, 0.2) is 17.1 Å². The fraction of sp³-hybridized carbons (Fsp3) is 0.143. The molecule has 5 rings (SSSR count). The van der Waals surface area contributed by atoms with E-state index in [1.54, 1.807) is 75.8 Å². The number of esters is 1. The smallest absolute Gasteiger partial charge is 0.379 e. The van der Waals surface area contributed by atoms with Gasteiger partial charge in [-0.3, -0.25) is 4.79 Å². The summed E-state index contributed by atoms with van der Waals surface area (Å²) >= 11 is 0. The molecule has 1 aliphatic rings. The van der Waals surface area contributed by atoms with Crippen molar-refractivity contribution in [2.45, 2.75) is 6.92 Å². The van der Waals surface area contributed by atoms with E-state index in [-0.39, 0.29) is 23.1 Å². The second-order valence-electron chi connectivity index (χ2n) is 7.99. The Balaban J connectivity index is 1.43. The van der Waals surface area contributed by atoms with E-state index in [0.29, 0.717) is 50.7 Å². The molecule has 0 saturated carbocycles. The number of rotatable bonds is 6. The number of allylic oxidation sites excluding steroid dienone is 1. The largest absolute Gasteiger partial charge is 0.497 e. The number of benzene rings is 3. The number of ether oxygens (including phenoxy) is 5. The minimum absolute atomic E-state index is 0.0251. The SMILES string of the molecule is COc1ccc(OC)c(/C=C2\Oc3c(ccc(OC(=O)c4cc5cccc(OC)c5o4)c3C)C2=O)c1. The molecule has 4 aromatic rings. The van der Waals surface area contributed by atoms with Crippen molar-refractivity contribution >= 4 is 28.8 Å². The zero-order valence-corrected chi connectivity index (χ0v) is 20.0. The van der Waals surface area contributed by atoms with Crippen LogP contribution in [0.4, 0.5) is 0 Å². The van der Waals surface area contributed by atoms with E-state index in [1.165, 1.54) is 7.11 Å². The van der Waals surface area contributed by atoms with Crippen LogP contribution in [0.15, 0.2) is 64.8 Å². The first-order chi connectivity index (χ1) is 17.4. The quantitative estimate of drug-likeness (QED) is 0.197. The number of fused-ring (bicyclic) bond motifs is 2. The van der Waals surface area contributed by atoms with E-state index in [0.717, 1.165) is 0 Å². The topological polar surface area (TPSA) is 93.4 Å². The fourth-order valence-electron chi connectivity index (χ4n) is 4.02. The summed E-state index contributed by atoms with van der Waals surface area (Å²) in [7, 11) is 4.62. The molecule has 36 heavy (non-hydrogen) atoms. The van der Waals surface area contributed by atoms with Crippen molar-refractivity contribution < 1.29 is 37.7 Å². The molecule has 0 radical (unpaired) electrons. The maximum Gasteiger partial charge on any atom is 0.379 e. The molecule has 1 aliphatic heterocycles. The van der Waals surface area contributed by atoms with Gasteiger partial charge in [0.2, 0.25) is 11.5 Å². The summed E-state index contributed by atoms with van der Waals surface area (Å²) in [5.41, 5.74) is 1.95. The highest BCUT2D eigenvalue weighted by Crippen LogP contribution is 2.40. The molecule has 0 bridgehead atoms. The summed E-state index contributed by atoms with van der Waals surface area (Å²) in [4.78, 5) is 25.9. The summed E-state index contributed by atoms with van der Waals surface area (Å²) in [6.07, 6.45) is 1.59. The summed E-state index contributed by atoms with van der Waals surface area (Å²) in [6, 6.07) is 15.3. The van der Waals surface area contributed by atoms with Crippen molar-refractivity contribution in [3.05, 3.63) is 82.8 Å². The molecule has 0 atom stereocenters. The molecule has 3 aromatic carbocycles. The maximum absolute atomic E-state index is 13.0. The molecule has 0 N–H and O–H groups in total. The summed E-state index contributed by atoms with van der Waals surface area (Å²) in [5, 5.41) is 0.712. The molecule has 0 spiro atoms. The predicted octanol–water partition coefficient (Wildman–Crippen LogP) is 5.60. The van der Waals surface area contributed by atoms with Crippen LogP contribution in [0, 0.1) is 6.92 Å². The molecule has 0 saturated heterocycles. The van der Waals surface area contributed by atoms with Crippen LogP contribution in [-0.2, 0) is 0 Å². The number of carbonyl (C=O) groups is 2. The fourth-order valence-corrected chi connectivity index (χ4v) is 4.02. The highest BCUT2D eigenvalue weighted by atomic mass is 16.6. The average Bonchev–Trinajstić information content (AvgIpc) is 3.47. The predicted molar refractivity (Wildman–Crippen MR) is 131 cm³/mol. The third kappa shape index (κ3) is 3.92. The molecule has 2 heterocycles. The number of carbonyl (C=O) groups excluding carboxylic acids is 2. The normalized spacial score (nSPS) is 13.4. The van der Waals surface area contributed by atoms with Crippen molar-refractivity contribution in [1.82, 2.24) is 0 Å².